The lowest BCUT2D eigenvalue weighted by molar-refractivity contribution is 0.256. The molecule has 1 aromatic heterocycles. The van der Waals surface area contributed by atoms with E-state index in [-0.39, 0.29) is 16.7 Å². The lowest BCUT2D eigenvalue weighted by atomic mass is 10.1. The van der Waals surface area contributed by atoms with Crippen molar-refractivity contribution < 1.29 is 17.9 Å². The van der Waals surface area contributed by atoms with Crippen molar-refractivity contribution in [2.75, 3.05) is 12.4 Å². The van der Waals surface area contributed by atoms with Gasteiger partial charge in [0, 0.05) is 11.8 Å². The fraction of sp³-hybridized carbons (Fsp3) is 0.462. The second-order valence-electron chi connectivity index (χ2n) is 4.85. The van der Waals surface area contributed by atoms with Gasteiger partial charge in [-0.05, 0) is 32.6 Å². The third kappa shape index (κ3) is 4.17. The molecule has 22 heavy (non-hydrogen) atoms. The molecule has 1 aliphatic rings. The topological polar surface area (TPSA) is 110 Å². The lowest BCUT2D eigenvalue weighted by Crippen LogP contribution is -2.36. The molecule has 0 saturated carbocycles. The van der Waals surface area contributed by atoms with E-state index in [0.29, 0.717) is 18.5 Å². The van der Waals surface area contributed by atoms with Gasteiger partial charge in [-0.3, -0.25) is 5.32 Å². The highest BCUT2D eigenvalue weighted by Crippen LogP contribution is 2.21. The number of allylic oxidation sites excluding steroid dienone is 2. The summed E-state index contributed by atoms with van der Waals surface area (Å²) in [6.45, 7) is 1.71. The zero-order valence-corrected chi connectivity index (χ0v) is 13.2. The normalized spacial score (nSPS) is 14.9. The molecule has 0 spiro atoms. The van der Waals surface area contributed by atoms with Crippen LogP contribution in [0.15, 0.2) is 17.0 Å². The van der Waals surface area contributed by atoms with E-state index in [1.165, 1.54) is 7.11 Å². The molecule has 0 fully saturated rings. The SMILES string of the molecule is COc1cc(C)nc(NC(=O)NS(=O)(=O)C2=CCCCC2)n1. The predicted molar refractivity (Wildman–Crippen MR) is 80.9 cm³/mol. The molecule has 1 heterocycles. The quantitative estimate of drug-likeness (QED) is 0.871. The number of urea groups is 1. The van der Waals surface area contributed by atoms with E-state index in [1.807, 2.05) is 4.72 Å². The third-order valence-electron chi connectivity index (χ3n) is 3.09. The van der Waals surface area contributed by atoms with Crippen molar-refractivity contribution >= 4 is 22.0 Å². The second kappa shape index (κ2) is 6.73. The van der Waals surface area contributed by atoms with Crippen LogP contribution in [-0.4, -0.2) is 31.5 Å². The summed E-state index contributed by atoms with van der Waals surface area (Å²) in [5, 5.41) is 2.29. The van der Waals surface area contributed by atoms with Crippen LogP contribution in [0.5, 0.6) is 5.88 Å². The first-order chi connectivity index (χ1) is 10.4. The molecule has 2 amide bonds. The minimum atomic E-state index is -3.82. The van der Waals surface area contributed by atoms with E-state index in [0.717, 1.165) is 12.8 Å². The number of carbonyl (C=O) groups is 1. The van der Waals surface area contributed by atoms with Gasteiger partial charge in [0.05, 0.1) is 12.0 Å². The molecular formula is C13H18N4O4S. The summed E-state index contributed by atoms with van der Waals surface area (Å²) < 4.78 is 31.1. The summed E-state index contributed by atoms with van der Waals surface area (Å²) in [5.41, 5.74) is 0.583. The Bertz CT molecular complexity index is 700. The van der Waals surface area contributed by atoms with Crippen LogP contribution in [0.25, 0.3) is 0 Å². The van der Waals surface area contributed by atoms with Crippen LogP contribution in [0, 0.1) is 6.92 Å². The number of methoxy groups -OCH3 is 1. The molecule has 1 aliphatic carbocycles. The van der Waals surface area contributed by atoms with Gasteiger partial charge in [-0.1, -0.05) is 6.08 Å². The highest BCUT2D eigenvalue weighted by molar-refractivity contribution is 7.93. The van der Waals surface area contributed by atoms with Crippen LogP contribution >= 0.6 is 0 Å². The van der Waals surface area contributed by atoms with Gasteiger partial charge < -0.3 is 4.74 Å². The average Bonchev–Trinajstić information content (AvgIpc) is 2.46. The summed E-state index contributed by atoms with van der Waals surface area (Å²) >= 11 is 0. The van der Waals surface area contributed by atoms with E-state index in [4.69, 9.17) is 4.74 Å². The Balaban J connectivity index is 2.06. The van der Waals surface area contributed by atoms with Crippen molar-refractivity contribution in [1.29, 1.82) is 0 Å². The Kier molecular flexibility index (Phi) is 4.96. The third-order valence-corrected chi connectivity index (χ3v) is 4.60. The number of carbonyl (C=O) groups excluding carboxylic acids is 1. The van der Waals surface area contributed by atoms with E-state index in [2.05, 4.69) is 15.3 Å². The zero-order chi connectivity index (χ0) is 16.2. The number of amides is 2. The molecule has 0 atom stereocenters. The summed E-state index contributed by atoms with van der Waals surface area (Å²) in [6, 6.07) is 0.686. The Morgan fingerprint density at radius 2 is 2.09 bits per heavy atom. The monoisotopic (exact) mass is 326 g/mol. The van der Waals surface area contributed by atoms with Crippen molar-refractivity contribution in [3.63, 3.8) is 0 Å². The first-order valence-corrected chi connectivity index (χ1v) is 8.31. The smallest absolute Gasteiger partial charge is 0.335 e. The molecule has 0 aromatic carbocycles. The van der Waals surface area contributed by atoms with Crippen molar-refractivity contribution in [2.24, 2.45) is 0 Å². The fourth-order valence-corrected chi connectivity index (χ4v) is 3.24. The highest BCUT2D eigenvalue weighted by atomic mass is 32.2. The first kappa shape index (κ1) is 16.2. The molecule has 0 aliphatic heterocycles. The predicted octanol–water partition coefficient (Wildman–Crippen LogP) is 1.70. The van der Waals surface area contributed by atoms with Gasteiger partial charge in [0.2, 0.25) is 11.8 Å². The Hall–Kier alpha value is -2.16. The Labute approximate surface area is 129 Å². The van der Waals surface area contributed by atoms with E-state index in [1.54, 1.807) is 19.1 Å². The molecule has 0 unspecified atom stereocenters. The van der Waals surface area contributed by atoms with Gasteiger partial charge in [0.25, 0.3) is 10.0 Å². The number of nitrogens with one attached hydrogen (secondary N) is 2. The molecular weight excluding hydrogens is 308 g/mol. The van der Waals surface area contributed by atoms with Crippen LogP contribution in [0.2, 0.25) is 0 Å². The van der Waals surface area contributed by atoms with E-state index >= 15 is 0 Å². The standard InChI is InChI=1S/C13H18N4O4S/c1-9-8-11(21-2)15-12(14-9)16-13(18)17-22(19,20)10-6-4-3-5-7-10/h6,8H,3-5,7H2,1-2H3,(H2,14,15,16,17,18). The maximum atomic E-state index is 12.1. The first-order valence-electron chi connectivity index (χ1n) is 6.83. The number of nitrogens with zero attached hydrogens (tertiary/aromatic N) is 2. The average molecular weight is 326 g/mol. The molecule has 0 bridgehead atoms. The van der Waals surface area contributed by atoms with Crippen molar-refractivity contribution in [2.45, 2.75) is 32.6 Å². The summed E-state index contributed by atoms with van der Waals surface area (Å²) in [7, 11) is -2.38. The van der Waals surface area contributed by atoms with E-state index < -0.39 is 16.1 Å². The van der Waals surface area contributed by atoms with Crippen LogP contribution in [0.3, 0.4) is 0 Å². The zero-order valence-electron chi connectivity index (χ0n) is 12.4. The molecule has 120 valence electrons. The van der Waals surface area contributed by atoms with Crippen molar-refractivity contribution in [3.05, 3.63) is 22.7 Å². The number of sulfonamides is 1. The molecule has 1 aromatic rings. The fourth-order valence-electron chi connectivity index (χ4n) is 2.07. The summed E-state index contributed by atoms with van der Waals surface area (Å²) in [5.74, 6) is 0.253. The van der Waals surface area contributed by atoms with Crippen LogP contribution in [-0.2, 0) is 10.0 Å². The molecule has 8 nitrogen and oxygen atoms in total. The van der Waals surface area contributed by atoms with Gasteiger partial charge in [0.15, 0.2) is 0 Å². The second-order valence-corrected chi connectivity index (χ2v) is 6.59. The molecule has 9 heteroatoms. The van der Waals surface area contributed by atoms with Crippen LogP contribution in [0.4, 0.5) is 10.7 Å². The molecule has 0 radical (unpaired) electrons. The van der Waals surface area contributed by atoms with Gasteiger partial charge >= 0.3 is 6.03 Å². The maximum Gasteiger partial charge on any atom is 0.335 e. The summed E-state index contributed by atoms with van der Waals surface area (Å²) in [4.78, 5) is 20.0. The van der Waals surface area contributed by atoms with Gasteiger partial charge in [0.1, 0.15) is 0 Å². The van der Waals surface area contributed by atoms with Gasteiger partial charge in [-0.15, -0.1) is 0 Å². The summed E-state index contributed by atoms with van der Waals surface area (Å²) in [6.07, 6.45) is 4.55. The molecule has 2 N–H and O–H groups in total. The van der Waals surface area contributed by atoms with Gasteiger partial charge in [-0.25, -0.2) is 22.9 Å². The van der Waals surface area contributed by atoms with Crippen LogP contribution < -0.4 is 14.8 Å². The minimum absolute atomic E-state index is 0.0258. The number of aryl methyl sites for hydroxylation is 1. The Morgan fingerprint density at radius 1 is 1.32 bits per heavy atom. The van der Waals surface area contributed by atoms with Crippen molar-refractivity contribution in [3.8, 4) is 5.88 Å². The molecule has 0 saturated heterocycles. The Morgan fingerprint density at radius 3 is 2.73 bits per heavy atom. The molecule has 2 rings (SSSR count). The minimum Gasteiger partial charge on any atom is -0.481 e. The van der Waals surface area contributed by atoms with Crippen LogP contribution in [0.1, 0.15) is 31.4 Å². The largest absolute Gasteiger partial charge is 0.481 e. The number of ether oxygens (including phenoxy) is 1. The van der Waals surface area contributed by atoms with Gasteiger partial charge in [-0.2, -0.15) is 4.98 Å². The number of hydrogen-bond donors (Lipinski definition) is 2. The number of rotatable bonds is 4. The number of hydrogen-bond acceptors (Lipinski definition) is 6. The number of aromatic nitrogens is 2. The number of anilines is 1. The maximum absolute atomic E-state index is 12.1. The van der Waals surface area contributed by atoms with Crippen molar-refractivity contribution in [1.82, 2.24) is 14.7 Å². The van der Waals surface area contributed by atoms with E-state index in [9.17, 15) is 13.2 Å². The lowest BCUT2D eigenvalue weighted by Gasteiger charge is -2.14. The highest BCUT2D eigenvalue weighted by Gasteiger charge is 2.22.